The van der Waals surface area contributed by atoms with E-state index in [9.17, 15) is 24.0 Å². The van der Waals surface area contributed by atoms with Gasteiger partial charge in [-0.3, -0.25) is 30.0 Å². The van der Waals surface area contributed by atoms with E-state index in [4.69, 9.17) is 0 Å². The Labute approximate surface area is 105 Å². The second kappa shape index (κ2) is 4.19. The Morgan fingerprint density at radius 3 is 2.16 bits per heavy atom. The molecule has 4 N–H and O–H groups in total. The quantitative estimate of drug-likeness (QED) is 0.457. The molecular weight excluding hydrogens is 256 g/mol. The molecular formula is C10H10N4O5. The van der Waals surface area contributed by atoms with E-state index in [0.717, 1.165) is 6.20 Å². The summed E-state index contributed by atoms with van der Waals surface area (Å²) in [4.78, 5) is 61.1. The fraction of sp³-hybridized carbons (Fsp3) is 0.300. The van der Waals surface area contributed by atoms with Gasteiger partial charge in [-0.25, -0.2) is 9.59 Å². The number of amides is 4. The molecule has 0 unspecified atom stereocenters. The number of nitrogens with one attached hydrogen (secondary N) is 4. The summed E-state index contributed by atoms with van der Waals surface area (Å²) in [6.45, 7) is 1.30. The molecule has 100 valence electrons. The van der Waals surface area contributed by atoms with Gasteiger partial charge < -0.3 is 4.98 Å². The highest BCUT2D eigenvalue weighted by atomic mass is 16.2. The summed E-state index contributed by atoms with van der Waals surface area (Å²) in [6.07, 6.45) is 0.882. The molecule has 0 atom stereocenters. The van der Waals surface area contributed by atoms with Gasteiger partial charge in [0.1, 0.15) is 5.41 Å². The Hall–Kier alpha value is -2.71. The molecule has 0 radical (unpaired) electrons. The number of H-pyrrole nitrogens is 2. The summed E-state index contributed by atoms with van der Waals surface area (Å²) < 4.78 is 0. The second-order valence-corrected chi connectivity index (χ2v) is 4.34. The number of aromatic nitrogens is 2. The lowest BCUT2D eigenvalue weighted by molar-refractivity contribution is -0.143. The first-order valence-electron chi connectivity index (χ1n) is 5.31. The highest BCUT2D eigenvalue weighted by Crippen LogP contribution is 2.23. The number of urea groups is 1. The number of hydrogen-bond acceptors (Lipinski definition) is 5. The zero-order valence-electron chi connectivity index (χ0n) is 9.83. The molecule has 1 aliphatic heterocycles. The van der Waals surface area contributed by atoms with Gasteiger partial charge in [-0.1, -0.05) is 0 Å². The van der Waals surface area contributed by atoms with Crippen molar-refractivity contribution in [3.63, 3.8) is 0 Å². The molecule has 2 heterocycles. The van der Waals surface area contributed by atoms with Gasteiger partial charge in [-0.15, -0.1) is 0 Å². The van der Waals surface area contributed by atoms with Crippen LogP contribution >= 0.6 is 0 Å². The second-order valence-electron chi connectivity index (χ2n) is 4.34. The molecule has 9 heteroatoms. The summed E-state index contributed by atoms with van der Waals surface area (Å²) in [7, 11) is 0. The van der Waals surface area contributed by atoms with Gasteiger partial charge in [0.2, 0.25) is 11.8 Å². The van der Waals surface area contributed by atoms with Gasteiger partial charge in [0, 0.05) is 18.2 Å². The van der Waals surface area contributed by atoms with Gasteiger partial charge in [-0.05, 0) is 6.92 Å². The maximum atomic E-state index is 11.7. The van der Waals surface area contributed by atoms with Crippen molar-refractivity contribution in [2.75, 3.05) is 0 Å². The normalized spacial score (nSPS) is 17.8. The molecule has 9 nitrogen and oxygen atoms in total. The summed E-state index contributed by atoms with van der Waals surface area (Å²) in [5, 5.41) is 3.91. The van der Waals surface area contributed by atoms with Crippen molar-refractivity contribution in [2.45, 2.75) is 13.3 Å². The van der Waals surface area contributed by atoms with E-state index in [-0.39, 0.29) is 12.0 Å². The number of imide groups is 2. The summed E-state index contributed by atoms with van der Waals surface area (Å²) >= 11 is 0. The zero-order chi connectivity index (χ0) is 14.2. The molecule has 19 heavy (non-hydrogen) atoms. The van der Waals surface area contributed by atoms with Crippen molar-refractivity contribution < 1.29 is 14.4 Å². The smallest absolute Gasteiger partial charge is 0.314 e. The van der Waals surface area contributed by atoms with Crippen LogP contribution in [0.5, 0.6) is 0 Å². The third-order valence-electron chi connectivity index (χ3n) is 2.90. The largest absolute Gasteiger partial charge is 0.328 e. The monoisotopic (exact) mass is 266 g/mol. The third-order valence-corrected chi connectivity index (χ3v) is 2.90. The van der Waals surface area contributed by atoms with Crippen molar-refractivity contribution in [1.82, 2.24) is 20.6 Å². The molecule has 0 bridgehead atoms. The molecule has 1 aromatic heterocycles. The first kappa shape index (κ1) is 12.7. The van der Waals surface area contributed by atoms with Crippen LogP contribution in [0.1, 0.15) is 12.5 Å². The number of barbiturate groups is 1. The van der Waals surface area contributed by atoms with Crippen molar-refractivity contribution in [3.8, 4) is 0 Å². The summed E-state index contributed by atoms with van der Waals surface area (Å²) in [5.41, 5.74) is -2.92. The van der Waals surface area contributed by atoms with Crippen LogP contribution in [0.15, 0.2) is 15.8 Å². The SMILES string of the molecule is CC1(Cc2c[nH]c(=O)[nH]c2=O)C(=O)NC(=O)NC1=O. The number of carbonyl (C=O) groups excluding carboxylic acids is 3. The van der Waals surface area contributed by atoms with Crippen LogP contribution in [-0.2, 0) is 16.0 Å². The molecule has 0 aromatic carbocycles. The predicted octanol–water partition coefficient (Wildman–Crippen LogP) is -2.02. The van der Waals surface area contributed by atoms with Crippen molar-refractivity contribution in [1.29, 1.82) is 0 Å². The molecule has 2 rings (SSSR count). The minimum atomic E-state index is -1.60. The van der Waals surface area contributed by atoms with Gasteiger partial charge in [0.05, 0.1) is 0 Å². The molecule has 0 saturated carbocycles. The van der Waals surface area contributed by atoms with E-state index < -0.39 is 34.5 Å². The van der Waals surface area contributed by atoms with Gasteiger partial charge in [0.25, 0.3) is 5.56 Å². The molecule has 1 saturated heterocycles. The zero-order valence-corrected chi connectivity index (χ0v) is 9.83. The lowest BCUT2D eigenvalue weighted by atomic mass is 9.81. The van der Waals surface area contributed by atoms with Crippen LogP contribution in [0.25, 0.3) is 0 Å². The van der Waals surface area contributed by atoms with Gasteiger partial charge in [-0.2, -0.15) is 0 Å². The van der Waals surface area contributed by atoms with Crippen LogP contribution in [0, 0.1) is 5.41 Å². The number of carbonyl (C=O) groups is 3. The molecule has 1 aliphatic rings. The first-order valence-corrected chi connectivity index (χ1v) is 5.31. The molecule has 0 aliphatic carbocycles. The topological polar surface area (TPSA) is 141 Å². The lowest BCUT2D eigenvalue weighted by Gasteiger charge is -2.29. The highest BCUT2D eigenvalue weighted by Gasteiger charge is 2.46. The minimum Gasteiger partial charge on any atom is -0.314 e. The van der Waals surface area contributed by atoms with E-state index in [1.165, 1.54) is 6.92 Å². The van der Waals surface area contributed by atoms with Crippen LogP contribution < -0.4 is 21.9 Å². The maximum absolute atomic E-state index is 11.7. The van der Waals surface area contributed by atoms with Crippen LogP contribution in [0.4, 0.5) is 4.79 Å². The van der Waals surface area contributed by atoms with Gasteiger partial charge in [0.15, 0.2) is 0 Å². The Kier molecular flexibility index (Phi) is 2.81. The minimum absolute atomic E-state index is 0.0572. The lowest BCUT2D eigenvalue weighted by Crippen LogP contribution is -2.62. The maximum Gasteiger partial charge on any atom is 0.328 e. The Balaban J connectivity index is 2.38. The van der Waals surface area contributed by atoms with E-state index >= 15 is 0 Å². The van der Waals surface area contributed by atoms with Gasteiger partial charge >= 0.3 is 11.7 Å². The highest BCUT2D eigenvalue weighted by molar-refractivity contribution is 6.19. The third kappa shape index (κ3) is 2.17. The Morgan fingerprint density at radius 2 is 1.63 bits per heavy atom. The Bertz CT molecular complexity index is 666. The number of hydrogen-bond donors (Lipinski definition) is 4. The average molecular weight is 266 g/mol. The van der Waals surface area contributed by atoms with Crippen LogP contribution in [0.3, 0.4) is 0 Å². The van der Waals surface area contributed by atoms with E-state index in [1.54, 1.807) is 0 Å². The Morgan fingerprint density at radius 1 is 1.05 bits per heavy atom. The fourth-order valence-electron chi connectivity index (χ4n) is 1.73. The standard InChI is InChI=1S/C10H10N4O5/c1-10(6(16)13-9(19)14-7(10)17)2-4-3-11-8(18)12-5(4)15/h3H,2H2,1H3,(H2,11,12,15,18)(H2,13,14,16,17,19). The van der Waals surface area contributed by atoms with Crippen LogP contribution in [0.2, 0.25) is 0 Å². The predicted molar refractivity (Wildman–Crippen MR) is 61.2 cm³/mol. The van der Waals surface area contributed by atoms with Crippen LogP contribution in [-0.4, -0.2) is 27.8 Å². The molecule has 0 spiro atoms. The first-order chi connectivity index (χ1) is 8.83. The van der Waals surface area contributed by atoms with Crippen molar-refractivity contribution in [2.24, 2.45) is 5.41 Å². The molecule has 4 amide bonds. The number of rotatable bonds is 2. The molecule has 1 fully saturated rings. The fourth-order valence-corrected chi connectivity index (χ4v) is 1.73. The van der Waals surface area contributed by atoms with E-state index in [1.807, 2.05) is 15.6 Å². The summed E-state index contributed by atoms with van der Waals surface area (Å²) in [5.74, 6) is -1.60. The van der Waals surface area contributed by atoms with E-state index in [0.29, 0.717) is 0 Å². The number of aromatic amines is 2. The summed E-state index contributed by atoms with van der Waals surface area (Å²) in [6, 6.07) is -0.900. The van der Waals surface area contributed by atoms with Crippen molar-refractivity contribution in [3.05, 3.63) is 32.6 Å². The van der Waals surface area contributed by atoms with Crippen molar-refractivity contribution >= 4 is 17.8 Å². The van der Waals surface area contributed by atoms with E-state index in [2.05, 4.69) is 4.98 Å². The average Bonchev–Trinajstić information content (AvgIpc) is 2.30. The molecule has 1 aromatic rings.